The predicted octanol–water partition coefficient (Wildman–Crippen LogP) is 3.90. The minimum atomic E-state index is -0.313. The molecule has 1 rings (SSSR count). The highest BCUT2D eigenvalue weighted by atomic mass is 16.6. The molecule has 18 heavy (non-hydrogen) atoms. The number of ether oxygens (including phenoxy) is 1. The summed E-state index contributed by atoms with van der Waals surface area (Å²) >= 11 is 0. The first-order valence-corrected chi connectivity index (χ1v) is 6.48. The molecule has 1 amide bonds. The molecular weight excluding hydrogens is 226 g/mol. The van der Waals surface area contributed by atoms with Crippen LogP contribution >= 0.6 is 0 Å². The van der Waals surface area contributed by atoms with Crippen molar-refractivity contribution < 1.29 is 9.53 Å². The minimum absolute atomic E-state index is 0.313. The van der Waals surface area contributed by atoms with Crippen LogP contribution in [0.4, 0.5) is 4.79 Å². The van der Waals surface area contributed by atoms with Crippen molar-refractivity contribution in [2.24, 2.45) is 5.92 Å². The molecule has 1 aromatic carbocycles. The van der Waals surface area contributed by atoms with E-state index in [2.05, 4.69) is 26.8 Å². The molecule has 0 saturated carbocycles. The Bertz CT molecular complexity index is 401. The highest BCUT2D eigenvalue weighted by Crippen LogP contribution is 2.26. The Balaban J connectivity index is 2.80. The molecule has 0 heterocycles. The maximum atomic E-state index is 11.7. The summed E-state index contributed by atoms with van der Waals surface area (Å²) in [7, 11) is 1.73. The van der Waals surface area contributed by atoms with Gasteiger partial charge in [-0.15, -0.1) is 0 Å². The van der Waals surface area contributed by atoms with Gasteiger partial charge in [0.1, 0.15) is 5.75 Å². The SMILES string of the molecule is CCN(C)C(=O)Oc1cccc([C@H](C)C(C)C)c1. The lowest BCUT2D eigenvalue weighted by molar-refractivity contribution is 0.165. The summed E-state index contributed by atoms with van der Waals surface area (Å²) in [5.41, 5.74) is 1.20. The Morgan fingerprint density at radius 1 is 1.33 bits per heavy atom. The summed E-state index contributed by atoms with van der Waals surface area (Å²) < 4.78 is 5.32. The van der Waals surface area contributed by atoms with E-state index in [1.807, 2.05) is 25.1 Å². The average Bonchev–Trinajstić information content (AvgIpc) is 2.36. The Hall–Kier alpha value is -1.51. The summed E-state index contributed by atoms with van der Waals surface area (Å²) in [6.07, 6.45) is -0.313. The molecular formula is C15H23NO2. The van der Waals surface area contributed by atoms with E-state index in [1.165, 1.54) is 5.56 Å². The molecule has 100 valence electrons. The molecule has 0 saturated heterocycles. The van der Waals surface area contributed by atoms with Crippen LogP contribution < -0.4 is 4.74 Å². The summed E-state index contributed by atoms with van der Waals surface area (Å²) in [6.45, 7) is 9.12. The second-order valence-electron chi connectivity index (χ2n) is 4.99. The molecule has 3 nitrogen and oxygen atoms in total. The summed E-state index contributed by atoms with van der Waals surface area (Å²) in [5, 5.41) is 0. The van der Waals surface area contributed by atoms with Gasteiger partial charge in [-0.25, -0.2) is 4.79 Å². The third kappa shape index (κ3) is 3.76. The van der Waals surface area contributed by atoms with E-state index < -0.39 is 0 Å². The molecule has 0 aromatic heterocycles. The highest BCUT2D eigenvalue weighted by Gasteiger charge is 2.13. The first kappa shape index (κ1) is 14.6. The highest BCUT2D eigenvalue weighted by molar-refractivity contribution is 5.70. The van der Waals surface area contributed by atoms with Crippen LogP contribution in [-0.4, -0.2) is 24.6 Å². The van der Waals surface area contributed by atoms with E-state index in [1.54, 1.807) is 11.9 Å². The fourth-order valence-electron chi connectivity index (χ4n) is 1.55. The van der Waals surface area contributed by atoms with Crippen LogP contribution in [0.5, 0.6) is 5.75 Å². The van der Waals surface area contributed by atoms with Gasteiger partial charge in [0, 0.05) is 13.6 Å². The minimum Gasteiger partial charge on any atom is -0.410 e. The molecule has 3 heteroatoms. The van der Waals surface area contributed by atoms with E-state index in [4.69, 9.17) is 4.74 Å². The van der Waals surface area contributed by atoms with Crippen molar-refractivity contribution in [3.05, 3.63) is 29.8 Å². The van der Waals surface area contributed by atoms with Gasteiger partial charge in [0.05, 0.1) is 0 Å². The fraction of sp³-hybridized carbons (Fsp3) is 0.533. The number of rotatable bonds is 4. The summed E-state index contributed by atoms with van der Waals surface area (Å²) in [4.78, 5) is 13.2. The second kappa shape index (κ2) is 6.43. The standard InChI is InChI=1S/C15H23NO2/c1-6-16(5)15(17)18-14-9-7-8-13(10-14)12(4)11(2)3/h7-12H,6H2,1-5H3/t12-/m1/s1. The maximum absolute atomic E-state index is 11.7. The number of amides is 1. The van der Waals surface area contributed by atoms with Gasteiger partial charge in [0.15, 0.2) is 0 Å². The van der Waals surface area contributed by atoms with Crippen LogP contribution in [0, 0.1) is 5.92 Å². The van der Waals surface area contributed by atoms with Crippen molar-refractivity contribution in [3.63, 3.8) is 0 Å². The zero-order valence-electron chi connectivity index (χ0n) is 11.9. The molecule has 0 fully saturated rings. The number of carbonyl (C=O) groups is 1. The predicted molar refractivity (Wildman–Crippen MR) is 74.0 cm³/mol. The van der Waals surface area contributed by atoms with Crippen molar-refractivity contribution in [3.8, 4) is 5.75 Å². The Kier molecular flexibility index (Phi) is 5.20. The van der Waals surface area contributed by atoms with E-state index in [9.17, 15) is 4.79 Å². The van der Waals surface area contributed by atoms with Crippen molar-refractivity contribution in [2.45, 2.75) is 33.6 Å². The lowest BCUT2D eigenvalue weighted by atomic mass is 9.90. The van der Waals surface area contributed by atoms with E-state index in [0.717, 1.165) is 0 Å². The Labute approximate surface area is 110 Å². The van der Waals surface area contributed by atoms with Gasteiger partial charge >= 0.3 is 6.09 Å². The smallest absolute Gasteiger partial charge is 0.410 e. The van der Waals surface area contributed by atoms with Crippen LogP contribution in [0.15, 0.2) is 24.3 Å². The first-order chi connectivity index (χ1) is 8.45. The van der Waals surface area contributed by atoms with Crippen LogP contribution in [-0.2, 0) is 0 Å². The van der Waals surface area contributed by atoms with Gasteiger partial charge in [0.25, 0.3) is 0 Å². The Morgan fingerprint density at radius 2 is 2.00 bits per heavy atom. The second-order valence-corrected chi connectivity index (χ2v) is 4.99. The maximum Gasteiger partial charge on any atom is 0.414 e. The van der Waals surface area contributed by atoms with E-state index in [-0.39, 0.29) is 6.09 Å². The number of hydrogen-bond acceptors (Lipinski definition) is 2. The third-order valence-corrected chi connectivity index (χ3v) is 3.38. The number of carbonyl (C=O) groups excluding carboxylic acids is 1. The lowest BCUT2D eigenvalue weighted by Crippen LogP contribution is -2.29. The number of benzene rings is 1. The van der Waals surface area contributed by atoms with Gasteiger partial charge < -0.3 is 9.64 Å². The largest absolute Gasteiger partial charge is 0.414 e. The van der Waals surface area contributed by atoms with Crippen molar-refractivity contribution in [1.82, 2.24) is 4.90 Å². The molecule has 0 N–H and O–H groups in total. The van der Waals surface area contributed by atoms with Crippen LogP contribution in [0.1, 0.15) is 39.2 Å². The summed E-state index contributed by atoms with van der Waals surface area (Å²) in [6, 6.07) is 7.78. The first-order valence-electron chi connectivity index (χ1n) is 6.48. The van der Waals surface area contributed by atoms with Crippen LogP contribution in [0.25, 0.3) is 0 Å². The zero-order valence-corrected chi connectivity index (χ0v) is 11.9. The van der Waals surface area contributed by atoms with Crippen LogP contribution in [0.3, 0.4) is 0 Å². The van der Waals surface area contributed by atoms with Gasteiger partial charge in [-0.2, -0.15) is 0 Å². The molecule has 0 radical (unpaired) electrons. The number of hydrogen-bond donors (Lipinski definition) is 0. The van der Waals surface area contributed by atoms with Gasteiger partial charge in [-0.3, -0.25) is 0 Å². The van der Waals surface area contributed by atoms with E-state index >= 15 is 0 Å². The van der Waals surface area contributed by atoms with Crippen molar-refractivity contribution in [1.29, 1.82) is 0 Å². The normalized spacial score (nSPS) is 12.3. The van der Waals surface area contributed by atoms with Crippen molar-refractivity contribution >= 4 is 6.09 Å². The monoisotopic (exact) mass is 249 g/mol. The summed E-state index contributed by atoms with van der Waals surface area (Å²) in [5.74, 6) is 1.63. The average molecular weight is 249 g/mol. The van der Waals surface area contributed by atoms with Crippen LogP contribution in [0.2, 0.25) is 0 Å². The Morgan fingerprint density at radius 3 is 2.56 bits per heavy atom. The van der Waals surface area contributed by atoms with E-state index in [0.29, 0.717) is 24.1 Å². The molecule has 0 bridgehead atoms. The van der Waals surface area contributed by atoms with Gasteiger partial charge in [0.2, 0.25) is 0 Å². The molecule has 0 spiro atoms. The molecule has 0 unspecified atom stereocenters. The molecule has 1 aromatic rings. The van der Waals surface area contributed by atoms with Gasteiger partial charge in [-0.1, -0.05) is 32.9 Å². The topological polar surface area (TPSA) is 29.5 Å². The molecule has 0 aliphatic rings. The molecule has 1 atom stereocenters. The van der Waals surface area contributed by atoms with Gasteiger partial charge in [-0.05, 0) is 36.5 Å². The quantitative estimate of drug-likeness (QED) is 0.810. The lowest BCUT2D eigenvalue weighted by Gasteiger charge is -2.18. The molecule has 0 aliphatic heterocycles. The fourth-order valence-corrected chi connectivity index (χ4v) is 1.55. The van der Waals surface area contributed by atoms with Crippen molar-refractivity contribution in [2.75, 3.05) is 13.6 Å². The zero-order chi connectivity index (χ0) is 13.7. The third-order valence-electron chi connectivity index (χ3n) is 3.38. The number of nitrogens with zero attached hydrogens (tertiary/aromatic N) is 1. The molecule has 0 aliphatic carbocycles.